The third kappa shape index (κ3) is 3.02. The molecule has 48 valence electrons. The molecule has 0 amide bonds. The highest BCUT2D eigenvalue weighted by Gasteiger charge is 1.84. The van der Waals surface area contributed by atoms with Crippen LogP contribution in [0.5, 0.6) is 0 Å². The maximum Gasteiger partial charge on any atom is 0.0422 e. The van der Waals surface area contributed by atoms with Crippen molar-refractivity contribution >= 4 is 9.52 Å². The van der Waals surface area contributed by atoms with Crippen LogP contribution in [0, 0.1) is 0 Å². The van der Waals surface area contributed by atoms with E-state index in [-0.39, 0.29) is 9.52 Å². The minimum absolute atomic E-state index is 0.183. The summed E-state index contributed by atoms with van der Waals surface area (Å²) in [6.45, 7) is 6.80. The second kappa shape index (κ2) is 5.10. The van der Waals surface area contributed by atoms with Crippen molar-refractivity contribution in [1.82, 2.24) is 0 Å². The summed E-state index contributed by atoms with van der Waals surface area (Å²) < 4.78 is 0. The Balaban J connectivity index is 3.49. The fraction of sp³-hybridized carbons (Fsp3) is 0.714. The molecule has 8 heavy (non-hydrogen) atoms. The normalized spacial score (nSPS) is 10.4. The molecule has 0 aliphatic rings. The second-order valence-corrected chi connectivity index (χ2v) is 3.20. The maximum absolute atomic E-state index is 2.46. The summed E-state index contributed by atoms with van der Waals surface area (Å²) in [6.07, 6.45) is 2.52. The smallest absolute Gasteiger partial charge is 0.0422 e. The Morgan fingerprint density at radius 3 is 2.00 bits per heavy atom. The summed E-state index contributed by atoms with van der Waals surface area (Å²) >= 11 is 0. The molecule has 0 bridgehead atoms. The molecule has 0 radical (unpaired) electrons. The van der Waals surface area contributed by atoms with E-state index in [9.17, 15) is 0 Å². The van der Waals surface area contributed by atoms with Gasteiger partial charge in [-0.3, -0.25) is 0 Å². The number of hydrogen-bond donors (Lipinski definition) is 0. The van der Waals surface area contributed by atoms with Gasteiger partial charge in [0.25, 0.3) is 0 Å². The van der Waals surface area contributed by atoms with Gasteiger partial charge in [-0.25, -0.2) is 0 Å². The van der Waals surface area contributed by atoms with Gasteiger partial charge in [-0.2, -0.15) is 0 Å². The highest BCUT2D eigenvalue weighted by atomic mass is 28.2. The quantitative estimate of drug-likeness (QED) is 0.509. The molecule has 0 aromatic rings. The van der Waals surface area contributed by atoms with Crippen molar-refractivity contribution in [2.75, 3.05) is 0 Å². The van der Waals surface area contributed by atoms with Crippen molar-refractivity contribution in [2.45, 2.75) is 33.2 Å². The molecule has 0 atom stereocenters. The molecule has 0 heterocycles. The van der Waals surface area contributed by atoms with E-state index in [0.717, 1.165) is 0 Å². The first-order valence-electron chi connectivity index (χ1n) is 3.53. The predicted octanol–water partition coefficient (Wildman–Crippen LogP) is 1.91. The van der Waals surface area contributed by atoms with E-state index < -0.39 is 0 Å². The zero-order valence-electron chi connectivity index (χ0n) is 6.20. The van der Waals surface area contributed by atoms with Crippen molar-refractivity contribution in [1.29, 1.82) is 0 Å². The summed E-state index contributed by atoms with van der Waals surface area (Å²) in [5, 5.41) is 0. The van der Waals surface area contributed by atoms with Gasteiger partial charge in [0.15, 0.2) is 0 Å². The monoisotopic (exact) mass is 128 g/mol. The van der Waals surface area contributed by atoms with E-state index in [1.807, 2.05) is 0 Å². The molecular weight excluding hydrogens is 112 g/mol. The van der Waals surface area contributed by atoms with Gasteiger partial charge in [0.2, 0.25) is 0 Å². The molecule has 0 aliphatic carbocycles. The van der Waals surface area contributed by atoms with Crippen molar-refractivity contribution in [3.05, 3.63) is 11.3 Å². The molecule has 0 spiro atoms. The minimum atomic E-state index is 0.183. The van der Waals surface area contributed by atoms with Gasteiger partial charge in [-0.15, -0.1) is 5.70 Å². The SMILES string of the molecule is CCC(=C[SiH2]C)CC. The van der Waals surface area contributed by atoms with E-state index in [1.165, 1.54) is 12.8 Å². The van der Waals surface area contributed by atoms with Crippen LogP contribution in [0.15, 0.2) is 11.3 Å². The lowest BCUT2D eigenvalue weighted by Gasteiger charge is -1.95. The van der Waals surface area contributed by atoms with Crippen LogP contribution in [0.4, 0.5) is 0 Å². The lowest BCUT2D eigenvalue weighted by Crippen LogP contribution is -1.80. The zero-order chi connectivity index (χ0) is 6.41. The molecular formula is C7H16Si. The Labute approximate surface area is 54.8 Å². The molecule has 0 aliphatic heterocycles. The van der Waals surface area contributed by atoms with Crippen molar-refractivity contribution in [3.8, 4) is 0 Å². The van der Waals surface area contributed by atoms with E-state index in [4.69, 9.17) is 0 Å². The van der Waals surface area contributed by atoms with Gasteiger partial charge in [0.05, 0.1) is 0 Å². The Bertz CT molecular complexity index is 68.5. The predicted molar refractivity (Wildman–Crippen MR) is 43.1 cm³/mol. The largest absolute Gasteiger partial charge is 0.103 e. The van der Waals surface area contributed by atoms with Gasteiger partial charge in [0.1, 0.15) is 0 Å². The molecule has 0 fully saturated rings. The lowest BCUT2D eigenvalue weighted by molar-refractivity contribution is 0.982. The Morgan fingerprint density at radius 1 is 1.38 bits per heavy atom. The highest BCUT2D eigenvalue weighted by Crippen LogP contribution is 2.02. The third-order valence-corrected chi connectivity index (χ3v) is 2.39. The second-order valence-electron chi connectivity index (χ2n) is 1.98. The van der Waals surface area contributed by atoms with E-state index in [0.29, 0.717) is 0 Å². The van der Waals surface area contributed by atoms with Crippen LogP contribution in [-0.2, 0) is 0 Å². The maximum atomic E-state index is 2.46. The van der Waals surface area contributed by atoms with Crippen LogP contribution >= 0.6 is 0 Å². The van der Waals surface area contributed by atoms with Crippen LogP contribution in [0.3, 0.4) is 0 Å². The summed E-state index contributed by atoms with van der Waals surface area (Å²) in [4.78, 5) is 0. The van der Waals surface area contributed by atoms with E-state index in [1.54, 1.807) is 5.57 Å². The highest BCUT2D eigenvalue weighted by molar-refractivity contribution is 6.40. The number of rotatable bonds is 3. The molecule has 0 rings (SSSR count). The fourth-order valence-electron chi connectivity index (χ4n) is 0.827. The van der Waals surface area contributed by atoms with Crippen LogP contribution in [-0.4, -0.2) is 9.52 Å². The van der Waals surface area contributed by atoms with Crippen molar-refractivity contribution in [3.63, 3.8) is 0 Å². The standard InChI is InChI=1S/C7H16Si/c1-4-7(5-2)6-8-3/h6H,4-5,8H2,1-3H3. The van der Waals surface area contributed by atoms with Gasteiger partial charge >= 0.3 is 0 Å². The molecule has 0 unspecified atom stereocenters. The molecule has 0 aromatic carbocycles. The third-order valence-electron chi connectivity index (χ3n) is 1.40. The summed E-state index contributed by atoms with van der Waals surface area (Å²) in [7, 11) is 0.183. The molecule has 0 saturated carbocycles. The lowest BCUT2D eigenvalue weighted by atomic mass is 10.2. The first-order chi connectivity index (χ1) is 3.85. The van der Waals surface area contributed by atoms with Crippen LogP contribution in [0.2, 0.25) is 6.55 Å². The van der Waals surface area contributed by atoms with Gasteiger partial charge in [-0.05, 0) is 12.8 Å². The number of allylic oxidation sites excluding steroid dienone is 1. The molecule has 0 saturated heterocycles. The van der Waals surface area contributed by atoms with Crippen molar-refractivity contribution < 1.29 is 0 Å². The van der Waals surface area contributed by atoms with E-state index >= 15 is 0 Å². The van der Waals surface area contributed by atoms with E-state index in [2.05, 4.69) is 26.1 Å². The Hall–Kier alpha value is -0.0431. The molecule has 1 heteroatoms. The Kier molecular flexibility index (Phi) is 5.07. The zero-order valence-corrected chi connectivity index (χ0v) is 7.61. The molecule has 0 aromatic heterocycles. The van der Waals surface area contributed by atoms with Crippen LogP contribution in [0.1, 0.15) is 26.7 Å². The number of hydrogen-bond acceptors (Lipinski definition) is 0. The summed E-state index contributed by atoms with van der Waals surface area (Å²) in [5.41, 5.74) is 4.11. The molecule has 0 nitrogen and oxygen atoms in total. The van der Waals surface area contributed by atoms with Crippen molar-refractivity contribution in [2.24, 2.45) is 0 Å². The fourth-order valence-corrected chi connectivity index (χ4v) is 1.98. The minimum Gasteiger partial charge on any atom is -0.103 e. The molecule has 0 N–H and O–H groups in total. The first kappa shape index (κ1) is 7.96. The average molecular weight is 128 g/mol. The first-order valence-corrected chi connectivity index (χ1v) is 5.76. The van der Waals surface area contributed by atoms with Crippen LogP contribution < -0.4 is 0 Å². The van der Waals surface area contributed by atoms with Crippen LogP contribution in [0.25, 0.3) is 0 Å². The van der Waals surface area contributed by atoms with Gasteiger partial charge in [0, 0.05) is 9.52 Å². The topological polar surface area (TPSA) is 0 Å². The van der Waals surface area contributed by atoms with Gasteiger partial charge in [-0.1, -0.05) is 26.0 Å². The average Bonchev–Trinajstić information content (AvgIpc) is 1.83. The van der Waals surface area contributed by atoms with Gasteiger partial charge < -0.3 is 0 Å². The summed E-state index contributed by atoms with van der Waals surface area (Å²) in [5.74, 6) is 0. The Morgan fingerprint density at radius 2 is 1.88 bits per heavy atom. The summed E-state index contributed by atoms with van der Waals surface area (Å²) in [6, 6.07) is 0.